The minimum Gasteiger partial charge on any atom is -0.481 e. The van der Waals surface area contributed by atoms with Crippen LogP contribution in [0.5, 0.6) is 0 Å². The Balaban J connectivity index is 0.000000321. The number of anilines is 1. The van der Waals surface area contributed by atoms with Gasteiger partial charge in [-0.15, -0.1) is 0 Å². The Morgan fingerprint density at radius 2 is 2.06 bits per heavy atom. The normalized spacial score (nSPS) is 11.0. The van der Waals surface area contributed by atoms with Crippen LogP contribution in [-0.4, -0.2) is 43.3 Å². The van der Waals surface area contributed by atoms with E-state index in [4.69, 9.17) is 21.1 Å². The third kappa shape index (κ3) is 6.17. The lowest BCUT2D eigenvalue weighted by atomic mass is 10.3. The number of aromatic nitrogens is 2. The molecular weight excluding hydrogens is 253 g/mol. The van der Waals surface area contributed by atoms with Crippen molar-refractivity contribution in [2.45, 2.75) is 12.5 Å². The molecule has 100 valence electrons. The van der Waals surface area contributed by atoms with Crippen LogP contribution in [0.4, 0.5) is 10.2 Å². The van der Waals surface area contributed by atoms with Crippen molar-refractivity contribution in [1.82, 2.24) is 9.97 Å². The maximum atomic E-state index is 12.1. The number of carbonyl (C=O) groups is 2. The number of aliphatic carboxylic acids is 2. The largest absolute Gasteiger partial charge is 0.481 e. The van der Waals surface area contributed by atoms with E-state index >= 15 is 0 Å². The van der Waals surface area contributed by atoms with Gasteiger partial charge in [0.05, 0.1) is 12.6 Å². The first kappa shape index (κ1) is 15.5. The zero-order valence-electron chi connectivity index (χ0n) is 8.83. The first-order valence-electron chi connectivity index (χ1n) is 4.37. The topological polar surface area (TPSA) is 167 Å². The lowest BCUT2D eigenvalue weighted by Crippen LogP contribution is -2.22. The van der Waals surface area contributed by atoms with E-state index in [1.54, 1.807) is 0 Å². The second-order valence-electron chi connectivity index (χ2n) is 2.90. The zero-order valence-corrected chi connectivity index (χ0v) is 8.83. The number of aromatic amines is 1. The summed E-state index contributed by atoms with van der Waals surface area (Å²) in [5.41, 5.74) is 4.31. The van der Waals surface area contributed by atoms with Gasteiger partial charge in [-0.05, 0) is 0 Å². The van der Waals surface area contributed by atoms with Crippen molar-refractivity contribution in [2.24, 2.45) is 0 Å². The highest BCUT2D eigenvalue weighted by atomic mass is 19.1. The molecule has 1 atom stereocenters. The van der Waals surface area contributed by atoms with Gasteiger partial charge in [0, 0.05) is 0 Å². The number of nitrogens with one attached hydrogen (secondary N) is 1. The number of nitrogens with two attached hydrogens (primary N) is 1. The minimum absolute atomic E-state index is 0.282. The second-order valence-corrected chi connectivity index (χ2v) is 2.90. The molecule has 0 fully saturated rings. The molecule has 1 aromatic heterocycles. The third-order valence-electron chi connectivity index (χ3n) is 1.45. The van der Waals surface area contributed by atoms with E-state index in [1.807, 2.05) is 4.98 Å². The number of nitrogen functional groups attached to an aromatic ring is 1. The Bertz CT molecular complexity index is 488. The van der Waals surface area contributed by atoms with Gasteiger partial charge < -0.3 is 21.1 Å². The van der Waals surface area contributed by atoms with Crippen molar-refractivity contribution in [2.75, 3.05) is 5.73 Å². The fourth-order valence-corrected chi connectivity index (χ4v) is 0.645. The molecular formula is C8H10FN3O6. The quantitative estimate of drug-likeness (QED) is 0.434. The molecule has 0 spiro atoms. The Hall–Kier alpha value is -2.49. The SMILES string of the molecule is Nc1[nH]c(=O)ncc1F.O=C(O)C[C@@H](O)C(=O)O. The van der Waals surface area contributed by atoms with Gasteiger partial charge in [0.15, 0.2) is 11.9 Å². The molecule has 0 saturated heterocycles. The van der Waals surface area contributed by atoms with E-state index in [1.165, 1.54) is 0 Å². The van der Waals surface area contributed by atoms with Crippen molar-refractivity contribution < 1.29 is 29.3 Å². The standard InChI is InChI=1S/C4H4FN3O.C4H6O5/c5-2-1-7-4(9)8-3(2)6;5-2(4(8)9)1-3(6)7/h1H,(H3,6,7,8,9);2,5H,1H2,(H,6,7)(H,8,9)/t;2-/m.1/s1. The third-order valence-corrected chi connectivity index (χ3v) is 1.45. The summed E-state index contributed by atoms with van der Waals surface area (Å²) >= 11 is 0. The average Bonchev–Trinajstić information content (AvgIpc) is 2.24. The highest BCUT2D eigenvalue weighted by Gasteiger charge is 2.16. The molecule has 0 aliphatic carbocycles. The van der Waals surface area contributed by atoms with Crippen molar-refractivity contribution in [3.05, 3.63) is 22.5 Å². The van der Waals surface area contributed by atoms with Crippen molar-refractivity contribution in [1.29, 1.82) is 0 Å². The van der Waals surface area contributed by atoms with Gasteiger partial charge in [-0.25, -0.2) is 14.0 Å². The van der Waals surface area contributed by atoms with Crippen LogP contribution in [-0.2, 0) is 9.59 Å². The van der Waals surface area contributed by atoms with Gasteiger partial charge in [0.2, 0.25) is 0 Å². The summed E-state index contributed by atoms with van der Waals surface area (Å²) in [7, 11) is 0. The fraction of sp³-hybridized carbons (Fsp3) is 0.250. The monoisotopic (exact) mass is 263 g/mol. The van der Waals surface area contributed by atoms with E-state index in [-0.39, 0.29) is 5.82 Å². The molecule has 0 amide bonds. The van der Waals surface area contributed by atoms with Crippen molar-refractivity contribution in [3.8, 4) is 0 Å². The van der Waals surface area contributed by atoms with Crippen LogP contribution < -0.4 is 11.4 Å². The number of hydrogen-bond donors (Lipinski definition) is 5. The van der Waals surface area contributed by atoms with Gasteiger partial charge in [-0.2, -0.15) is 4.98 Å². The lowest BCUT2D eigenvalue weighted by molar-refractivity contribution is -0.152. The number of aliphatic hydroxyl groups is 1. The molecule has 9 nitrogen and oxygen atoms in total. The highest BCUT2D eigenvalue weighted by Crippen LogP contribution is 1.96. The van der Waals surface area contributed by atoms with Crippen LogP contribution in [0.25, 0.3) is 0 Å². The minimum atomic E-state index is -1.79. The summed E-state index contributed by atoms with van der Waals surface area (Å²) in [4.78, 5) is 34.7. The maximum Gasteiger partial charge on any atom is 0.346 e. The van der Waals surface area contributed by atoms with E-state index in [2.05, 4.69) is 4.98 Å². The maximum absolute atomic E-state index is 12.1. The molecule has 1 aromatic rings. The number of H-pyrrole nitrogens is 1. The van der Waals surface area contributed by atoms with Crippen molar-refractivity contribution >= 4 is 17.8 Å². The van der Waals surface area contributed by atoms with Gasteiger partial charge in [0.1, 0.15) is 5.82 Å². The average molecular weight is 263 g/mol. The first-order valence-corrected chi connectivity index (χ1v) is 4.37. The van der Waals surface area contributed by atoms with Crippen LogP contribution >= 0.6 is 0 Å². The lowest BCUT2D eigenvalue weighted by Gasteiger charge is -1.97. The van der Waals surface area contributed by atoms with E-state index < -0.39 is 36.0 Å². The molecule has 0 bridgehead atoms. The molecule has 10 heteroatoms. The van der Waals surface area contributed by atoms with Gasteiger partial charge >= 0.3 is 17.6 Å². The number of carboxylic acid groups (broad SMARTS) is 2. The number of rotatable bonds is 3. The van der Waals surface area contributed by atoms with Crippen LogP contribution in [0, 0.1) is 5.82 Å². The fourth-order valence-electron chi connectivity index (χ4n) is 0.645. The number of halogens is 1. The smallest absolute Gasteiger partial charge is 0.346 e. The van der Waals surface area contributed by atoms with Crippen molar-refractivity contribution in [3.63, 3.8) is 0 Å². The summed E-state index contributed by atoms with van der Waals surface area (Å²) in [6.07, 6.45) is -1.77. The van der Waals surface area contributed by atoms with Crippen LogP contribution in [0.1, 0.15) is 6.42 Å². The molecule has 0 aromatic carbocycles. The summed E-state index contributed by atoms with van der Waals surface area (Å²) in [5.74, 6) is -3.84. The summed E-state index contributed by atoms with van der Waals surface area (Å²) in [6.45, 7) is 0. The number of carboxylic acids is 2. The molecule has 0 radical (unpaired) electrons. The number of aliphatic hydroxyl groups excluding tert-OH is 1. The van der Waals surface area contributed by atoms with Gasteiger partial charge in [-0.3, -0.25) is 9.78 Å². The van der Waals surface area contributed by atoms with E-state index in [0.717, 1.165) is 6.20 Å². The molecule has 0 unspecified atom stereocenters. The van der Waals surface area contributed by atoms with Gasteiger partial charge in [0.25, 0.3) is 0 Å². The zero-order chi connectivity index (χ0) is 14.3. The molecule has 6 N–H and O–H groups in total. The summed E-state index contributed by atoms with van der Waals surface area (Å²) in [5, 5.41) is 24.1. The number of hydrogen-bond acceptors (Lipinski definition) is 6. The van der Waals surface area contributed by atoms with E-state index in [9.17, 15) is 18.8 Å². The predicted octanol–water partition coefficient (Wildman–Crippen LogP) is -1.60. The number of nitrogens with zero attached hydrogens (tertiary/aromatic N) is 1. The van der Waals surface area contributed by atoms with Crippen LogP contribution in [0.15, 0.2) is 11.0 Å². The Labute approximate surface area is 98.7 Å². The first-order chi connectivity index (χ1) is 8.23. The molecule has 1 heterocycles. The summed E-state index contributed by atoms with van der Waals surface area (Å²) in [6, 6.07) is 0. The van der Waals surface area contributed by atoms with Crippen LogP contribution in [0.3, 0.4) is 0 Å². The molecule has 18 heavy (non-hydrogen) atoms. The molecule has 0 saturated carbocycles. The molecule has 0 aliphatic rings. The predicted molar refractivity (Wildman–Crippen MR) is 55.1 cm³/mol. The Morgan fingerprint density at radius 3 is 2.33 bits per heavy atom. The van der Waals surface area contributed by atoms with Gasteiger partial charge in [-0.1, -0.05) is 0 Å². The summed E-state index contributed by atoms with van der Waals surface area (Å²) < 4.78 is 12.1. The Kier molecular flexibility index (Phi) is 6.00. The molecule has 0 aliphatic heterocycles. The molecule has 1 rings (SSSR count). The van der Waals surface area contributed by atoms with E-state index in [0.29, 0.717) is 0 Å². The second kappa shape index (κ2) is 6.96. The Morgan fingerprint density at radius 1 is 1.50 bits per heavy atom. The van der Waals surface area contributed by atoms with Crippen LogP contribution in [0.2, 0.25) is 0 Å². The highest BCUT2D eigenvalue weighted by molar-refractivity contribution is 5.79.